The molecule has 1 heterocycles. The molecule has 21 heavy (non-hydrogen) atoms. The van der Waals surface area contributed by atoms with Crippen molar-refractivity contribution in [3.63, 3.8) is 0 Å². The van der Waals surface area contributed by atoms with E-state index in [0.29, 0.717) is 20.9 Å². The number of nitrogen functional groups attached to an aromatic ring is 1. The van der Waals surface area contributed by atoms with Gasteiger partial charge in [-0.15, -0.1) is 10.2 Å². The lowest BCUT2D eigenvalue weighted by Gasteiger charge is -2.10. The number of hydrogen-bond donors (Lipinski definition) is 2. The van der Waals surface area contributed by atoms with Crippen molar-refractivity contribution < 1.29 is 9.53 Å². The van der Waals surface area contributed by atoms with E-state index in [4.69, 9.17) is 10.5 Å². The van der Waals surface area contributed by atoms with E-state index in [9.17, 15) is 4.79 Å². The molecule has 0 unspecified atom stereocenters. The van der Waals surface area contributed by atoms with E-state index in [2.05, 4.69) is 47.4 Å². The van der Waals surface area contributed by atoms with Crippen molar-refractivity contribution in [2.45, 2.75) is 4.34 Å². The zero-order chi connectivity index (χ0) is 15.4. The van der Waals surface area contributed by atoms with Gasteiger partial charge < -0.3 is 15.8 Å². The normalized spacial score (nSPS) is 10.4. The average Bonchev–Trinajstić information content (AvgIpc) is 2.85. The number of nitrogens with one attached hydrogen (secondary N) is 1. The molecule has 0 aliphatic rings. The molecule has 2 rings (SSSR count). The largest absolute Gasteiger partial charge is 0.495 e. The number of rotatable bonds is 5. The van der Waals surface area contributed by atoms with E-state index in [0.717, 1.165) is 8.95 Å². The summed E-state index contributed by atoms with van der Waals surface area (Å²) in [4.78, 5) is 11.9. The second-order valence-electron chi connectivity index (χ2n) is 3.71. The third-order valence-corrected chi connectivity index (χ3v) is 5.43. The van der Waals surface area contributed by atoms with E-state index in [1.807, 2.05) is 6.07 Å². The zero-order valence-electron chi connectivity index (χ0n) is 10.7. The summed E-state index contributed by atoms with van der Waals surface area (Å²) in [5.74, 6) is 0.705. The number of thioether (sulfide) groups is 1. The summed E-state index contributed by atoms with van der Waals surface area (Å²) in [5, 5.41) is 10.7. The van der Waals surface area contributed by atoms with Gasteiger partial charge in [0.25, 0.3) is 0 Å². The molecule has 0 atom stereocenters. The van der Waals surface area contributed by atoms with Crippen LogP contribution in [0.5, 0.6) is 5.75 Å². The maximum absolute atomic E-state index is 11.9. The molecule has 2 aromatic rings. The summed E-state index contributed by atoms with van der Waals surface area (Å²) >= 11 is 9.30. The van der Waals surface area contributed by atoms with Crippen LogP contribution < -0.4 is 15.8 Å². The Morgan fingerprint density at radius 2 is 2.19 bits per heavy atom. The summed E-state index contributed by atoms with van der Waals surface area (Å²) < 4.78 is 7.42. The summed E-state index contributed by atoms with van der Waals surface area (Å²) in [6, 6.07) is 3.55. The van der Waals surface area contributed by atoms with E-state index < -0.39 is 0 Å². The first-order valence-electron chi connectivity index (χ1n) is 5.54. The minimum absolute atomic E-state index is 0.154. The molecular weight excluding hydrogens is 444 g/mol. The molecule has 1 aromatic heterocycles. The number of nitrogens with zero attached hydrogens (tertiary/aromatic N) is 2. The van der Waals surface area contributed by atoms with Gasteiger partial charge in [0, 0.05) is 10.5 Å². The lowest BCUT2D eigenvalue weighted by Crippen LogP contribution is -2.14. The van der Waals surface area contributed by atoms with Crippen LogP contribution in [0.2, 0.25) is 0 Å². The molecule has 0 saturated heterocycles. The highest BCUT2D eigenvalue weighted by molar-refractivity contribution is 9.11. The highest BCUT2D eigenvalue weighted by Crippen LogP contribution is 2.34. The summed E-state index contributed by atoms with van der Waals surface area (Å²) in [6.45, 7) is 0. The Morgan fingerprint density at radius 1 is 1.43 bits per heavy atom. The number of benzene rings is 1. The van der Waals surface area contributed by atoms with Crippen molar-refractivity contribution in [3.8, 4) is 5.75 Å². The topological polar surface area (TPSA) is 90.1 Å². The summed E-state index contributed by atoms with van der Waals surface area (Å²) in [6.07, 6.45) is 0. The predicted molar refractivity (Wildman–Crippen MR) is 92.1 cm³/mol. The van der Waals surface area contributed by atoms with Crippen LogP contribution in [0, 0.1) is 0 Å². The lowest BCUT2D eigenvalue weighted by molar-refractivity contribution is -0.113. The first kappa shape index (κ1) is 16.5. The van der Waals surface area contributed by atoms with E-state index in [-0.39, 0.29) is 11.7 Å². The number of carbonyl (C=O) groups excluding carboxylic acids is 1. The number of carbonyl (C=O) groups is 1. The number of halogens is 2. The van der Waals surface area contributed by atoms with Gasteiger partial charge in [-0.1, -0.05) is 23.1 Å². The molecule has 0 bridgehead atoms. The molecule has 1 aromatic carbocycles. The Kier molecular flexibility index (Phi) is 5.85. The summed E-state index contributed by atoms with van der Waals surface area (Å²) in [5.41, 5.74) is 6.12. The second kappa shape index (κ2) is 7.43. The maximum Gasteiger partial charge on any atom is 0.234 e. The van der Waals surface area contributed by atoms with Gasteiger partial charge in [-0.3, -0.25) is 4.79 Å². The molecule has 1 amide bonds. The van der Waals surface area contributed by atoms with Crippen molar-refractivity contribution >= 4 is 71.7 Å². The van der Waals surface area contributed by atoms with E-state index in [1.54, 1.807) is 13.2 Å². The third kappa shape index (κ3) is 4.56. The van der Waals surface area contributed by atoms with E-state index in [1.165, 1.54) is 23.1 Å². The van der Waals surface area contributed by atoms with E-state index >= 15 is 0 Å². The first-order valence-corrected chi connectivity index (χ1v) is 8.93. The molecule has 0 aliphatic heterocycles. The van der Waals surface area contributed by atoms with Crippen LogP contribution in [-0.4, -0.2) is 29.0 Å². The standard InChI is InChI=1S/C11H10Br2N4O2S2/c1-19-8-3-7(5(12)2-6(8)13)15-9(18)4-20-11-17-16-10(14)21-11/h2-3H,4H2,1H3,(H2,14,16)(H,15,18). The van der Waals surface area contributed by atoms with Crippen LogP contribution in [0.25, 0.3) is 0 Å². The second-order valence-corrected chi connectivity index (χ2v) is 7.65. The monoisotopic (exact) mass is 452 g/mol. The fourth-order valence-corrected chi connectivity index (χ4v) is 4.06. The van der Waals surface area contributed by atoms with Gasteiger partial charge in [-0.05, 0) is 37.9 Å². The van der Waals surface area contributed by atoms with Gasteiger partial charge in [0.2, 0.25) is 11.0 Å². The van der Waals surface area contributed by atoms with Crippen LogP contribution in [0.15, 0.2) is 25.4 Å². The fourth-order valence-electron chi connectivity index (χ4n) is 1.37. The van der Waals surface area contributed by atoms with Gasteiger partial charge in [0.05, 0.1) is 23.0 Å². The van der Waals surface area contributed by atoms with Crippen LogP contribution in [0.3, 0.4) is 0 Å². The third-order valence-electron chi connectivity index (χ3n) is 2.26. The Morgan fingerprint density at radius 3 is 2.81 bits per heavy atom. The Hall–Kier alpha value is -0.840. The quantitative estimate of drug-likeness (QED) is 0.674. The van der Waals surface area contributed by atoms with Crippen LogP contribution in [0.1, 0.15) is 0 Å². The highest BCUT2D eigenvalue weighted by Gasteiger charge is 2.11. The lowest BCUT2D eigenvalue weighted by atomic mass is 10.3. The maximum atomic E-state index is 11.9. The minimum Gasteiger partial charge on any atom is -0.495 e. The zero-order valence-corrected chi connectivity index (χ0v) is 15.5. The number of anilines is 2. The van der Waals surface area contributed by atoms with Gasteiger partial charge in [-0.25, -0.2) is 0 Å². The fraction of sp³-hybridized carbons (Fsp3) is 0.182. The molecule has 112 valence electrons. The van der Waals surface area contributed by atoms with Crippen LogP contribution in [-0.2, 0) is 4.79 Å². The molecular formula is C11H10Br2N4O2S2. The van der Waals surface area contributed by atoms with Crippen LogP contribution >= 0.6 is 55.0 Å². The van der Waals surface area contributed by atoms with Gasteiger partial charge >= 0.3 is 0 Å². The predicted octanol–water partition coefficient (Wildman–Crippen LogP) is 3.38. The Balaban J connectivity index is 1.99. The number of methoxy groups -OCH3 is 1. The smallest absolute Gasteiger partial charge is 0.234 e. The molecule has 0 spiro atoms. The first-order chi connectivity index (χ1) is 9.99. The van der Waals surface area contributed by atoms with Crippen molar-refractivity contribution in [2.75, 3.05) is 23.9 Å². The van der Waals surface area contributed by atoms with Crippen molar-refractivity contribution in [3.05, 3.63) is 21.1 Å². The molecule has 10 heteroatoms. The van der Waals surface area contributed by atoms with Gasteiger partial charge in [0.1, 0.15) is 5.75 Å². The number of aromatic nitrogens is 2. The summed E-state index contributed by atoms with van der Waals surface area (Å²) in [7, 11) is 1.56. The minimum atomic E-state index is -0.154. The van der Waals surface area contributed by atoms with Crippen LogP contribution in [0.4, 0.5) is 10.8 Å². The van der Waals surface area contributed by atoms with Crippen molar-refractivity contribution in [2.24, 2.45) is 0 Å². The molecule has 0 fully saturated rings. The average molecular weight is 454 g/mol. The molecule has 6 nitrogen and oxygen atoms in total. The highest BCUT2D eigenvalue weighted by atomic mass is 79.9. The Bertz CT molecular complexity index is 666. The number of ether oxygens (including phenoxy) is 1. The molecule has 0 aliphatic carbocycles. The number of nitrogens with two attached hydrogens (primary N) is 1. The number of hydrogen-bond acceptors (Lipinski definition) is 7. The van der Waals surface area contributed by atoms with Crippen molar-refractivity contribution in [1.29, 1.82) is 0 Å². The van der Waals surface area contributed by atoms with Crippen molar-refractivity contribution in [1.82, 2.24) is 10.2 Å². The van der Waals surface area contributed by atoms with Gasteiger partial charge in [0.15, 0.2) is 4.34 Å². The molecule has 0 radical (unpaired) electrons. The van der Waals surface area contributed by atoms with Gasteiger partial charge in [-0.2, -0.15) is 0 Å². The molecule has 3 N–H and O–H groups in total. The SMILES string of the molecule is COc1cc(NC(=O)CSc2nnc(N)s2)c(Br)cc1Br. The molecule has 0 saturated carbocycles. The Labute approximate surface area is 146 Å². The number of amides is 1.